The van der Waals surface area contributed by atoms with Crippen LogP contribution in [0.4, 0.5) is 0 Å². The van der Waals surface area contributed by atoms with Crippen LogP contribution in [-0.4, -0.2) is 19.9 Å². The first-order valence-electron chi connectivity index (χ1n) is 11.8. The van der Waals surface area contributed by atoms with Crippen LogP contribution in [0, 0.1) is 0 Å². The summed E-state index contributed by atoms with van der Waals surface area (Å²) >= 11 is 6.66. The first-order chi connectivity index (χ1) is 17.8. The van der Waals surface area contributed by atoms with E-state index in [1.165, 1.54) is 0 Å². The molecule has 0 radical (unpaired) electrons. The van der Waals surface area contributed by atoms with Gasteiger partial charge in [-0.3, -0.25) is 0 Å². The molecule has 7 rings (SSSR count). The molecule has 0 spiro atoms. The third kappa shape index (κ3) is 2.95. The molecule has 0 N–H and O–H groups in total. The minimum atomic E-state index is -0.748. The lowest BCUT2D eigenvalue weighted by Crippen LogP contribution is -2.31. The minimum Gasteiger partial charge on any atom is -0.232 e. The minimum absolute atomic E-state index is 0.510. The molecule has 5 heteroatoms. The molecule has 6 aromatic rings. The molecule has 1 aliphatic rings. The van der Waals surface area contributed by atoms with Crippen LogP contribution < -0.4 is 0 Å². The molecule has 0 bridgehead atoms. The average Bonchev–Trinajstić information content (AvgIpc) is 3.23. The fourth-order valence-corrected chi connectivity index (χ4v) is 5.67. The maximum absolute atomic E-state index is 6.66. The third-order valence-electron chi connectivity index (χ3n) is 6.94. The predicted octanol–water partition coefficient (Wildman–Crippen LogP) is 7.10. The van der Waals surface area contributed by atoms with E-state index in [4.69, 9.17) is 21.6 Å². The van der Waals surface area contributed by atoms with Gasteiger partial charge in [-0.2, -0.15) is 0 Å². The summed E-state index contributed by atoms with van der Waals surface area (Å²) in [5, 5.41) is 0.677. The topological polar surface area (TPSA) is 51.6 Å². The summed E-state index contributed by atoms with van der Waals surface area (Å²) in [4.78, 5) is 19.3. The first kappa shape index (κ1) is 20.9. The highest BCUT2D eigenvalue weighted by Crippen LogP contribution is 2.57. The highest BCUT2D eigenvalue weighted by molar-refractivity contribution is 6.30. The summed E-state index contributed by atoms with van der Waals surface area (Å²) < 4.78 is 0. The van der Waals surface area contributed by atoms with Crippen molar-refractivity contribution in [3.05, 3.63) is 143 Å². The Kier molecular flexibility index (Phi) is 4.69. The van der Waals surface area contributed by atoms with Crippen molar-refractivity contribution in [2.24, 2.45) is 0 Å². The fourth-order valence-electron chi connectivity index (χ4n) is 5.50. The molecule has 170 valence electrons. The van der Waals surface area contributed by atoms with Gasteiger partial charge < -0.3 is 0 Å². The molecule has 2 aromatic heterocycles. The molecule has 0 amide bonds. The number of aromatic nitrogens is 4. The van der Waals surface area contributed by atoms with Crippen LogP contribution in [-0.2, 0) is 5.41 Å². The Morgan fingerprint density at radius 1 is 0.583 bits per heavy atom. The zero-order valence-corrected chi connectivity index (χ0v) is 19.9. The average molecular weight is 483 g/mol. The predicted molar refractivity (Wildman–Crippen MR) is 143 cm³/mol. The van der Waals surface area contributed by atoms with E-state index in [1.807, 2.05) is 30.3 Å². The number of fused-ring (bicyclic) bond motifs is 4. The van der Waals surface area contributed by atoms with Gasteiger partial charge in [0, 0.05) is 23.0 Å². The van der Waals surface area contributed by atoms with Gasteiger partial charge in [-0.05, 0) is 39.9 Å². The van der Waals surface area contributed by atoms with Crippen molar-refractivity contribution in [3.8, 4) is 22.4 Å². The van der Waals surface area contributed by atoms with Crippen molar-refractivity contribution < 1.29 is 0 Å². The Balaban J connectivity index is 1.71. The fraction of sp³-hybridized carbons (Fsp3) is 0.0323. The van der Waals surface area contributed by atoms with Crippen LogP contribution in [0.3, 0.4) is 0 Å². The molecule has 0 saturated carbocycles. The first-order valence-corrected chi connectivity index (χ1v) is 12.1. The maximum atomic E-state index is 6.66. The second-order valence-electron chi connectivity index (χ2n) is 8.84. The van der Waals surface area contributed by atoms with E-state index in [-0.39, 0.29) is 0 Å². The summed E-state index contributed by atoms with van der Waals surface area (Å²) in [5.41, 5.74) is 8.44. The van der Waals surface area contributed by atoms with Gasteiger partial charge in [0.25, 0.3) is 0 Å². The second-order valence-corrected chi connectivity index (χ2v) is 9.28. The smallest absolute Gasteiger partial charge is 0.198 e. The van der Waals surface area contributed by atoms with E-state index in [0.29, 0.717) is 16.3 Å². The van der Waals surface area contributed by atoms with Crippen molar-refractivity contribution in [1.82, 2.24) is 19.9 Å². The Morgan fingerprint density at radius 2 is 1.22 bits per heavy atom. The van der Waals surface area contributed by atoms with Crippen LogP contribution >= 0.6 is 11.6 Å². The second kappa shape index (κ2) is 8.08. The Bertz CT molecular complexity index is 1750. The van der Waals surface area contributed by atoms with Gasteiger partial charge in [-0.1, -0.05) is 103 Å². The van der Waals surface area contributed by atoms with E-state index in [2.05, 4.69) is 82.8 Å². The van der Waals surface area contributed by atoms with Gasteiger partial charge in [0.1, 0.15) is 0 Å². The number of hydrogen-bond acceptors (Lipinski definition) is 4. The van der Waals surface area contributed by atoms with Crippen molar-refractivity contribution in [2.75, 3.05) is 0 Å². The summed E-state index contributed by atoms with van der Waals surface area (Å²) in [7, 11) is 0. The monoisotopic (exact) mass is 482 g/mol. The summed E-state index contributed by atoms with van der Waals surface area (Å²) in [6.45, 7) is 0. The van der Waals surface area contributed by atoms with E-state index >= 15 is 0 Å². The summed E-state index contributed by atoms with van der Waals surface area (Å²) in [5.74, 6) is 0. The summed E-state index contributed by atoms with van der Waals surface area (Å²) in [6.07, 6.45) is 3.31. The van der Waals surface area contributed by atoms with Crippen LogP contribution in [0.1, 0.15) is 22.4 Å². The Labute approximate surface area is 213 Å². The van der Waals surface area contributed by atoms with Crippen LogP contribution in [0.5, 0.6) is 0 Å². The van der Waals surface area contributed by atoms with E-state index in [1.54, 1.807) is 12.4 Å². The van der Waals surface area contributed by atoms with Crippen LogP contribution in [0.15, 0.2) is 116 Å². The Hall–Kier alpha value is -4.41. The van der Waals surface area contributed by atoms with Gasteiger partial charge in [-0.25, -0.2) is 19.9 Å². The molecule has 0 aliphatic heterocycles. The lowest BCUT2D eigenvalue weighted by molar-refractivity contribution is 0.735. The molecule has 2 heterocycles. The SMILES string of the molecule is Clc1ccc2c(c1)C(c1ccccc1)(c1nc3nccnc3nc1-c1ccccc1)c1ccccc1-2. The molecule has 4 nitrogen and oxygen atoms in total. The van der Waals surface area contributed by atoms with Gasteiger partial charge in [0.05, 0.1) is 16.8 Å². The van der Waals surface area contributed by atoms with Crippen molar-refractivity contribution >= 4 is 22.9 Å². The molecule has 0 saturated heterocycles. The molecular weight excluding hydrogens is 464 g/mol. The van der Waals surface area contributed by atoms with E-state index in [9.17, 15) is 0 Å². The van der Waals surface area contributed by atoms with E-state index < -0.39 is 5.41 Å². The molecular formula is C31H19ClN4. The standard InChI is InChI=1S/C31H19ClN4/c32-22-15-16-24-23-13-7-8-14-25(23)31(26(24)19-22,21-11-5-2-6-12-21)28-27(20-9-3-1-4-10-20)35-29-30(36-28)34-18-17-33-29/h1-19H. The number of nitrogens with zero attached hydrogens (tertiary/aromatic N) is 4. The maximum Gasteiger partial charge on any atom is 0.198 e. The van der Waals surface area contributed by atoms with Gasteiger partial charge in [0.2, 0.25) is 0 Å². The van der Waals surface area contributed by atoms with E-state index in [0.717, 1.165) is 44.8 Å². The zero-order valence-electron chi connectivity index (χ0n) is 19.1. The molecule has 4 aromatic carbocycles. The zero-order chi connectivity index (χ0) is 24.1. The number of rotatable bonds is 3. The van der Waals surface area contributed by atoms with Gasteiger partial charge in [-0.15, -0.1) is 0 Å². The largest absolute Gasteiger partial charge is 0.232 e. The van der Waals surface area contributed by atoms with Crippen LogP contribution in [0.2, 0.25) is 5.02 Å². The molecule has 36 heavy (non-hydrogen) atoms. The highest BCUT2D eigenvalue weighted by Gasteiger charge is 2.49. The lowest BCUT2D eigenvalue weighted by atomic mass is 9.69. The van der Waals surface area contributed by atoms with Crippen molar-refractivity contribution in [2.45, 2.75) is 5.41 Å². The quantitative estimate of drug-likeness (QED) is 0.269. The molecule has 1 aliphatic carbocycles. The number of benzene rings is 4. The van der Waals surface area contributed by atoms with Crippen LogP contribution in [0.25, 0.3) is 33.7 Å². The normalized spacial score (nSPS) is 16.0. The highest BCUT2D eigenvalue weighted by atomic mass is 35.5. The summed E-state index contributed by atoms with van der Waals surface area (Å²) in [6, 6.07) is 35.3. The van der Waals surface area contributed by atoms with Crippen molar-refractivity contribution in [3.63, 3.8) is 0 Å². The molecule has 0 fully saturated rings. The molecule has 1 unspecified atom stereocenters. The molecule has 1 atom stereocenters. The van der Waals surface area contributed by atoms with Gasteiger partial charge in [0.15, 0.2) is 11.3 Å². The third-order valence-corrected chi connectivity index (χ3v) is 7.17. The Morgan fingerprint density at radius 3 is 2.00 bits per heavy atom. The van der Waals surface area contributed by atoms with Gasteiger partial charge >= 0.3 is 0 Å². The van der Waals surface area contributed by atoms with Crippen molar-refractivity contribution in [1.29, 1.82) is 0 Å². The lowest BCUT2D eigenvalue weighted by Gasteiger charge is -2.34. The number of halogens is 1. The number of hydrogen-bond donors (Lipinski definition) is 0.